The van der Waals surface area contributed by atoms with Crippen molar-refractivity contribution in [3.63, 3.8) is 0 Å². The number of ether oxygens (including phenoxy) is 1. The highest BCUT2D eigenvalue weighted by molar-refractivity contribution is 6.04. The van der Waals surface area contributed by atoms with Gasteiger partial charge >= 0.3 is 0 Å². The van der Waals surface area contributed by atoms with Crippen LogP contribution in [0.15, 0.2) is 54.9 Å². The number of aromatic nitrogens is 1. The number of hydrogen-bond acceptors (Lipinski definition) is 4. The molecule has 1 aromatic heterocycles. The van der Waals surface area contributed by atoms with E-state index in [1.807, 2.05) is 57.2 Å². The minimum Gasteiger partial charge on any atom is -0.495 e. The van der Waals surface area contributed by atoms with Gasteiger partial charge in [-0.1, -0.05) is 12.1 Å². The molecule has 0 aliphatic rings. The number of anilines is 3. The summed E-state index contributed by atoms with van der Waals surface area (Å²) < 4.78 is 5.39. The lowest BCUT2D eigenvalue weighted by Crippen LogP contribution is -2.12. The smallest absolute Gasteiger partial charge is 0.257 e. The highest BCUT2D eigenvalue weighted by Crippen LogP contribution is 2.28. The Morgan fingerprint density at radius 1 is 0.926 bits per heavy atom. The van der Waals surface area contributed by atoms with Crippen LogP contribution in [0.4, 0.5) is 17.1 Å². The van der Waals surface area contributed by atoms with Gasteiger partial charge in [-0.25, -0.2) is 0 Å². The molecule has 0 spiro atoms. The molecule has 138 valence electrons. The fourth-order valence-electron chi connectivity index (χ4n) is 2.73. The quantitative estimate of drug-likeness (QED) is 0.670. The van der Waals surface area contributed by atoms with E-state index < -0.39 is 0 Å². The van der Waals surface area contributed by atoms with Crippen molar-refractivity contribution in [1.29, 1.82) is 0 Å². The first kappa shape index (κ1) is 18.5. The molecule has 0 aliphatic carbocycles. The number of amides is 1. The lowest BCUT2D eigenvalue weighted by atomic mass is 10.1. The van der Waals surface area contributed by atoms with E-state index >= 15 is 0 Å². The predicted molar refractivity (Wildman–Crippen MR) is 109 cm³/mol. The first-order valence-corrected chi connectivity index (χ1v) is 8.71. The van der Waals surface area contributed by atoms with Crippen molar-refractivity contribution in [2.75, 3.05) is 17.7 Å². The Bertz CT molecular complexity index is 983. The molecule has 0 unspecified atom stereocenters. The number of carbonyl (C=O) groups excluding carboxylic acids is 1. The van der Waals surface area contributed by atoms with Crippen LogP contribution in [0.5, 0.6) is 5.75 Å². The van der Waals surface area contributed by atoms with Gasteiger partial charge in [0.15, 0.2) is 0 Å². The van der Waals surface area contributed by atoms with E-state index in [2.05, 4.69) is 15.6 Å². The van der Waals surface area contributed by atoms with E-state index in [0.29, 0.717) is 11.3 Å². The highest BCUT2D eigenvalue weighted by atomic mass is 16.5. The zero-order valence-electron chi connectivity index (χ0n) is 16.0. The zero-order chi connectivity index (χ0) is 19.4. The van der Waals surface area contributed by atoms with Gasteiger partial charge in [-0.15, -0.1) is 0 Å². The van der Waals surface area contributed by atoms with E-state index in [0.717, 1.165) is 28.3 Å². The van der Waals surface area contributed by atoms with Crippen LogP contribution in [0, 0.1) is 20.8 Å². The SMILES string of the molecule is COc1ccc(C)cc1Nc1cncc(C(=O)Nc2ccc(C)c(C)c2)c1. The summed E-state index contributed by atoms with van der Waals surface area (Å²) in [6, 6.07) is 13.5. The van der Waals surface area contributed by atoms with Gasteiger partial charge in [0.2, 0.25) is 0 Å². The Labute approximate surface area is 159 Å². The first-order chi connectivity index (χ1) is 13.0. The first-order valence-electron chi connectivity index (χ1n) is 8.71. The van der Waals surface area contributed by atoms with E-state index in [1.54, 1.807) is 25.6 Å². The van der Waals surface area contributed by atoms with Gasteiger partial charge in [-0.2, -0.15) is 0 Å². The lowest BCUT2D eigenvalue weighted by Gasteiger charge is -2.13. The second kappa shape index (κ2) is 7.91. The molecule has 0 radical (unpaired) electrons. The molecule has 27 heavy (non-hydrogen) atoms. The molecule has 1 heterocycles. The molecule has 0 fully saturated rings. The van der Waals surface area contributed by atoms with E-state index in [1.165, 1.54) is 5.56 Å². The van der Waals surface area contributed by atoms with Gasteiger partial charge in [0, 0.05) is 11.9 Å². The molecule has 0 atom stereocenters. The third-order valence-electron chi connectivity index (χ3n) is 4.40. The summed E-state index contributed by atoms with van der Waals surface area (Å²) in [5.41, 5.74) is 6.21. The molecule has 0 bridgehead atoms. The maximum atomic E-state index is 12.6. The molecule has 1 amide bonds. The largest absolute Gasteiger partial charge is 0.495 e. The Morgan fingerprint density at radius 3 is 2.48 bits per heavy atom. The second-order valence-electron chi connectivity index (χ2n) is 6.54. The molecule has 5 nitrogen and oxygen atoms in total. The topological polar surface area (TPSA) is 63.2 Å². The van der Waals surface area contributed by atoms with Crippen molar-refractivity contribution in [2.45, 2.75) is 20.8 Å². The number of rotatable bonds is 5. The molecular formula is C22H23N3O2. The number of nitrogens with zero attached hydrogens (tertiary/aromatic N) is 1. The van der Waals surface area contributed by atoms with Crippen LogP contribution in [0.1, 0.15) is 27.0 Å². The third kappa shape index (κ3) is 4.44. The molecule has 3 rings (SSSR count). The van der Waals surface area contributed by atoms with Crippen molar-refractivity contribution < 1.29 is 9.53 Å². The predicted octanol–water partition coefficient (Wildman–Crippen LogP) is 5.01. The van der Waals surface area contributed by atoms with Gasteiger partial charge in [-0.3, -0.25) is 9.78 Å². The molecule has 3 aromatic rings. The molecule has 0 aliphatic heterocycles. The summed E-state index contributed by atoms with van der Waals surface area (Å²) in [6.45, 7) is 6.07. The van der Waals surface area contributed by atoms with Gasteiger partial charge in [0.05, 0.1) is 30.2 Å². The maximum absolute atomic E-state index is 12.6. The van der Waals surface area contributed by atoms with Crippen molar-refractivity contribution in [3.8, 4) is 5.75 Å². The standard InChI is InChI=1S/C22H23N3O2/c1-14-5-8-21(27-4)20(9-14)24-19-11-17(12-23-13-19)22(26)25-18-7-6-15(2)16(3)10-18/h5-13,24H,1-4H3,(H,25,26). The Kier molecular flexibility index (Phi) is 5.41. The minimum absolute atomic E-state index is 0.203. The normalized spacial score (nSPS) is 10.4. The van der Waals surface area contributed by atoms with Crippen molar-refractivity contribution in [1.82, 2.24) is 4.98 Å². The fraction of sp³-hybridized carbons (Fsp3) is 0.182. The zero-order valence-corrected chi connectivity index (χ0v) is 16.0. The van der Waals surface area contributed by atoms with Gasteiger partial charge in [0.25, 0.3) is 5.91 Å². The number of carbonyl (C=O) groups is 1. The number of pyridine rings is 1. The van der Waals surface area contributed by atoms with E-state index in [-0.39, 0.29) is 5.91 Å². The van der Waals surface area contributed by atoms with E-state index in [4.69, 9.17) is 4.74 Å². The van der Waals surface area contributed by atoms with Crippen LogP contribution in [0.3, 0.4) is 0 Å². The number of benzene rings is 2. The van der Waals surface area contributed by atoms with Gasteiger partial charge in [-0.05, 0) is 67.8 Å². The number of methoxy groups -OCH3 is 1. The average molecular weight is 361 g/mol. The molecule has 0 saturated carbocycles. The summed E-state index contributed by atoms with van der Waals surface area (Å²) in [7, 11) is 1.63. The van der Waals surface area contributed by atoms with Crippen LogP contribution in [0.2, 0.25) is 0 Å². The number of nitrogens with one attached hydrogen (secondary N) is 2. The summed E-state index contributed by atoms with van der Waals surface area (Å²) in [5.74, 6) is 0.524. The van der Waals surface area contributed by atoms with Gasteiger partial charge in [0.1, 0.15) is 5.75 Å². The van der Waals surface area contributed by atoms with Crippen molar-refractivity contribution in [3.05, 3.63) is 77.1 Å². The Balaban J connectivity index is 1.80. The van der Waals surface area contributed by atoms with Crippen LogP contribution in [0.25, 0.3) is 0 Å². The van der Waals surface area contributed by atoms with Crippen molar-refractivity contribution in [2.24, 2.45) is 0 Å². The summed E-state index contributed by atoms with van der Waals surface area (Å²) in [5, 5.41) is 6.19. The highest BCUT2D eigenvalue weighted by Gasteiger charge is 2.10. The van der Waals surface area contributed by atoms with Crippen molar-refractivity contribution >= 4 is 23.0 Å². The number of aryl methyl sites for hydroxylation is 3. The molecule has 2 aromatic carbocycles. The monoisotopic (exact) mass is 361 g/mol. The summed E-state index contributed by atoms with van der Waals surface area (Å²) >= 11 is 0. The van der Waals surface area contributed by atoms with Crippen LogP contribution >= 0.6 is 0 Å². The molecular weight excluding hydrogens is 338 g/mol. The second-order valence-corrected chi connectivity index (χ2v) is 6.54. The molecule has 0 saturated heterocycles. The van der Waals surface area contributed by atoms with E-state index in [9.17, 15) is 4.79 Å². The Hall–Kier alpha value is -3.34. The van der Waals surface area contributed by atoms with Gasteiger partial charge < -0.3 is 15.4 Å². The fourth-order valence-corrected chi connectivity index (χ4v) is 2.73. The molecule has 2 N–H and O–H groups in total. The lowest BCUT2D eigenvalue weighted by molar-refractivity contribution is 0.102. The third-order valence-corrected chi connectivity index (χ3v) is 4.40. The van der Waals surface area contributed by atoms with Crippen LogP contribution in [-0.4, -0.2) is 18.0 Å². The molecule has 5 heteroatoms. The summed E-state index contributed by atoms with van der Waals surface area (Å²) in [4.78, 5) is 16.8. The number of hydrogen-bond donors (Lipinski definition) is 2. The minimum atomic E-state index is -0.203. The Morgan fingerprint density at radius 2 is 1.74 bits per heavy atom. The van der Waals surface area contributed by atoms with Crippen LogP contribution in [-0.2, 0) is 0 Å². The van der Waals surface area contributed by atoms with Crippen LogP contribution < -0.4 is 15.4 Å². The summed E-state index contributed by atoms with van der Waals surface area (Å²) in [6.07, 6.45) is 3.23. The average Bonchev–Trinajstić information content (AvgIpc) is 2.65. The maximum Gasteiger partial charge on any atom is 0.257 e.